The number of morpholine rings is 1. The van der Waals surface area contributed by atoms with Crippen LogP contribution in [0.4, 0.5) is 0 Å². The number of ether oxygens (including phenoxy) is 1. The molecule has 1 fully saturated rings. The average molecular weight is 405 g/mol. The summed E-state index contributed by atoms with van der Waals surface area (Å²) in [6, 6.07) is 6.15. The molecule has 3 heterocycles. The Morgan fingerprint density at radius 3 is 2.93 bits per heavy atom. The Kier molecular flexibility index (Phi) is 5.90. The van der Waals surface area contributed by atoms with Gasteiger partial charge in [0.25, 0.3) is 5.91 Å². The van der Waals surface area contributed by atoms with E-state index >= 15 is 0 Å². The normalized spacial score (nSPS) is 19.6. The average Bonchev–Trinajstić information content (AvgIpc) is 3.37. The zero-order valence-corrected chi connectivity index (χ0v) is 16.9. The molecule has 27 heavy (non-hydrogen) atoms. The summed E-state index contributed by atoms with van der Waals surface area (Å²) in [7, 11) is 0. The number of thiophene rings is 2. The monoisotopic (exact) mass is 404 g/mol. The van der Waals surface area contributed by atoms with Crippen LogP contribution in [0.25, 0.3) is 0 Å². The number of hydrogen-bond acceptors (Lipinski definition) is 5. The summed E-state index contributed by atoms with van der Waals surface area (Å²) in [5.74, 6) is 0.265. The van der Waals surface area contributed by atoms with Gasteiger partial charge in [-0.15, -0.1) is 22.7 Å². The van der Waals surface area contributed by atoms with Crippen molar-refractivity contribution in [3.8, 4) is 0 Å². The zero-order chi connectivity index (χ0) is 18.6. The van der Waals surface area contributed by atoms with Gasteiger partial charge in [0, 0.05) is 35.3 Å². The lowest BCUT2D eigenvalue weighted by molar-refractivity contribution is -0.125. The molecule has 4 rings (SSSR count). The van der Waals surface area contributed by atoms with Crippen molar-refractivity contribution in [2.75, 3.05) is 32.8 Å². The fourth-order valence-electron chi connectivity index (χ4n) is 3.68. The van der Waals surface area contributed by atoms with E-state index in [1.54, 1.807) is 22.7 Å². The van der Waals surface area contributed by atoms with Crippen LogP contribution in [0.1, 0.15) is 31.4 Å². The third-order valence-corrected chi connectivity index (χ3v) is 7.37. The molecule has 1 N–H and O–H groups in total. The molecular weight excluding hydrogens is 380 g/mol. The Balaban J connectivity index is 1.33. The number of carbonyl (C=O) groups is 2. The minimum atomic E-state index is 0.0155. The predicted octanol–water partition coefficient (Wildman–Crippen LogP) is 2.75. The van der Waals surface area contributed by atoms with Gasteiger partial charge < -0.3 is 15.0 Å². The number of carbonyl (C=O) groups excluding carboxylic acids is 2. The maximum absolute atomic E-state index is 12.7. The molecule has 0 radical (unpaired) electrons. The van der Waals surface area contributed by atoms with Gasteiger partial charge in [0.05, 0.1) is 18.1 Å². The Morgan fingerprint density at radius 2 is 2.15 bits per heavy atom. The van der Waals surface area contributed by atoms with E-state index in [9.17, 15) is 9.59 Å². The highest BCUT2D eigenvalue weighted by molar-refractivity contribution is 7.14. The molecule has 5 nitrogen and oxygen atoms in total. The molecule has 0 bridgehead atoms. The lowest BCUT2D eigenvalue weighted by Crippen LogP contribution is -2.40. The Morgan fingerprint density at radius 1 is 1.30 bits per heavy atom. The number of amides is 2. The van der Waals surface area contributed by atoms with E-state index in [2.05, 4.69) is 16.8 Å². The molecule has 0 saturated carbocycles. The first-order chi connectivity index (χ1) is 13.2. The van der Waals surface area contributed by atoms with Crippen LogP contribution in [0.15, 0.2) is 23.6 Å². The molecule has 1 aliphatic heterocycles. The lowest BCUT2D eigenvalue weighted by Gasteiger charge is -2.26. The minimum Gasteiger partial charge on any atom is -0.378 e. The molecule has 2 aromatic rings. The summed E-state index contributed by atoms with van der Waals surface area (Å²) < 4.78 is 5.33. The van der Waals surface area contributed by atoms with Gasteiger partial charge in [-0.25, -0.2) is 0 Å². The van der Waals surface area contributed by atoms with Crippen LogP contribution in [-0.4, -0.2) is 49.6 Å². The molecule has 1 saturated heterocycles. The third kappa shape index (κ3) is 4.42. The van der Waals surface area contributed by atoms with Gasteiger partial charge in [-0.1, -0.05) is 6.07 Å². The molecule has 7 heteroatoms. The van der Waals surface area contributed by atoms with Crippen molar-refractivity contribution in [2.24, 2.45) is 5.92 Å². The Labute approximate surface area is 167 Å². The standard InChI is InChI=1S/C20H24N2O3S2/c23-19(21-6-5-16-2-1-11-26-16)14-3-4-17-15(12-14)13-18(27-17)20(24)22-7-9-25-10-8-22/h1-2,11,13-14H,3-10,12H2,(H,21,23)/t14-/m0/s1. The van der Waals surface area contributed by atoms with Gasteiger partial charge in [-0.3, -0.25) is 9.59 Å². The topological polar surface area (TPSA) is 58.6 Å². The SMILES string of the molecule is O=C(NCCc1cccs1)[C@H]1CCc2sc(C(=O)N3CCOCC3)cc2C1. The van der Waals surface area contributed by atoms with Crippen molar-refractivity contribution in [1.29, 1.82) is 0 Å². The number of nitrogens with zero attached hydrogens (tertiary/aromatic N) is 1. The maximum atomic E-state index is 12.7. The van der Waals surface area contributed by atoms with E-state index in [1.165, 1.54) is 15.3 Å². The first kappa shape index (κ1) is 18.7. The summed E-state index contributed by atoms with van der Waals surface area (Å²) in [6.45, 7) is 3.25. The molecule has 2 aliphatic rings. The van der Waals surface area contributed by atoms with Crippen molar-refractivity contribution < 1.29 is 14.3 Å². The minimum absolute atomic E-state index is 0.0155. The largest absolute Gasteiger partial charge is 0.378 e. The van der Waals surface area contributed by atoms with E-state index in [1.807, 2.05) is 17.0 Å². The number of fused-ring (bicyclic) bond motifs is 1. The second-order valence-corrected chi connectivity index (χ2v) is 9.19. The van der Waals surface area contributed by atoms with Gasteiger partial charge in [0.1, 0.15) is 0 Å². The Bertz CT molecular complexity index is 794. The molecule has 2 amide bonds. The first-order valence-corrected chi connectivity index (χ1v) is 11.2. The lowest BCUT2D eigenvalue weighted by atomic mass is 9.87. The fraction of sp³-hybridized carbons (Fsp3) is 0.500. The van der Waals surface area contributed by atoms with E-state index in [4.69, 9.17) is 4.74 Å². The van der Waals surface area contributed by atoms with Crippen LogP contribution in [0.3, 0.4) is 0 Å². The van der Waals surface area contributed by atoms with Gasteiger partial charge in [-0.05, 0) is 48.8 Å². The molecule has 0 spiro atoms. The van der Waals surface area contributed by atoms with Gasteiger partial charge in [-0.2, -0.15) is 0 Å². The number of aryl methyl sites for hydroxylation is 1. The zero-order valence-electron chi connectivity index (χ0n) is 15.2. The van der Waals surface area contributed by atoms with Crippen LogP contribution in [0, 0.1) is 5.92 Å². The molecule has 2 aromatic heterocycles. The van der Waals surface area contributed by atoms with Crippen molar-refractivity contribution in [3.05, 3.63) is 43.8 Å². The highest BCUT2D eigenvalue weighted by Crippen LogP contribution is 2.33. The molecule has 1 aliphatic carbocycles. The van der Waals surface area contributed by atoms with E-state index in [0.717, 1.165) is 30.6 Å². The van der Waals surface area contributed by atoms with E-state index in [0.29, 0.717) is 32.8 Å². The van der Waals surface area contributed by atoms with Crippen LogP contribution in [0.2, 0.25) is 0 Å². The van der Waals surface area contributed by atoms with Gasteiger partial charge in [0.15, 0.2) is 0 Å². The summed E-state index contributed by atoms with van der Waals surface area (Å²) in [6.07, 6.45) is 3.38. The van der Waals surface area contributed by atoms with Gasteiger partial charge >= 0.3 is 0 Å². The summed E-state index contributed by atoms with van der Waals surface area (Å²) in [4.78, 5) is 30.5. The first-order valence-electron chi connectivity index (χ1n) is 9.49. The fourth-order valence-corrected chi connectivity index (χ4v) is 5.57. The van der Waals surface area contributed by atoms with E-state index in [-0.39, 0.29) is 17.7 Å². The van der Waals surface area contributed by atoms with Crippen LogP contribution in [0.5, 0.6) is 0 Å². The molecular formula is C20H24N2O3S2. The quantitative estimate of drug-likeness (QED) is 0.834. The highest BCUT2D eigenvalue weighted by atomic mass is 32.1. The third-order valence-electron chi connectivity index (χ3n) is 5.21. The van der Waals surface area contributed by atoms with Crippen LogP contribution in [-0.2, 0) is 28.8 Å². The van der Waals surface area contributed by atoms with Crippen molar-refractivity contribution in [1.82, 2.24) is 10.2 Å². The molecule has 0 aromatic carbocycles. The maximum Gasteiger partial charge on any atom is 0.264 e. The summed E-state index contributed by atoms with van der Waals surface area (Å²) in [5, 5.41) is 5.15. The smallest absolute Gasteiger partial charge is 0.264 e. The highest BCUT2D eigenvalue weighted by Gasteiger charge is 2.28. The van der Waals surface area contributed by atoms with Crippen molar-refractivity contribution in [3.63, 3.8) is 0 Å². The number of rotatable bonds is 5. The second-order valence-electron chi connectivity index (χ2n) is 7.02. The molecule has 1 atom stereocenters. The predicted molar refractivity (Wildman–Crippen MR) is 108 cm³/mol. The number of nitrogens with one attached hydrogen (secondary N) is 1. The van der Waals surface area contributed by atoms with Crippen LogP contribution < -0.4 is 5.32 Å². The molecule has 144 valence electrons. The van der Waals surface area contributed by atoms with Crippen LogP contribution >= 0.6 is 22.7 Å². The summed E-state index contributed by atoms with van der Waals surface area (Å²) >= 11 is 3.33. The summed E-state index contributed by atoms with van der Waals surface area (Å²) in [5.41, 5.74) is 1.18. The second kappa shape index (κ2) is 8.54. The van der Waals surface area contributed by atoms with Crippen molar-refractivity contribution in [2.45, 2.75) is 25.7 Å². The van der Waals surface area contributed by atoms with E-state index < -0.39 is 0 Å². The molecule has 0 unspecified atom stereocenters. The Hall–Kier alpha value is -1.70. The van der Waals surface area contributed by atoms with Gasteiger partial charge in [0.2, 0.25) is 5.91 Å². The number of hydrogen-bond donors (Lipinski definition) is 1. The van der Waals surface area contributed by atoms with Crippen molar-refractivity contribution >= 4 is 34.5 Å².